The van der Waals surface area contributed by atoms with Crippen LogP contribution in [0.3, 0.4) is 0 Å². The van der Waals surface area contributed by atoms with Crippen LogP contribution in [0, 0.1) is 0 Å². The SMILES string of the molecule is CC(=O)N(CC(=O)Nc1cc(Cl)ccc1Cl)c1ccccc1Cl. The molecule has 0 aliphatic carbocycles. The van der Waals surface area contributed by atoms with Gasteiger partial charge >= 0.3 is 0 Å². The molecule has 0 saturated heterocycles. The van der Waals surface area contributed by atoms with Crippen LogP contribution < -0.4 is 10.2 Å². The van der Waals surface area contributed by atoms with E-state index in [-0.39, 0.29) is 12.5 Å². The average Bonchev–Trinajstić information content (AvgIpc) is 2.49. The van der Waals surface area contributed by atoms with E-state index in [1.54, 1.807) is 36.4 Å². The number of hydrogen-bond acceptors (Lipinski definition) is 2. The molecule has 23 heavy (non-hydrogen) atoms. The predicted octanol–water partition coefficient (Wildman–Crippen LogP) is 4.64. The highest BCUT2D eigenvalue weighted by Crippen LogP contribution is 2.27. The lowest BCUT2D eigenvalue weighted by Crippen LogP contribution is -2.36. The molecule has 2 rings (SSSR count). The third-order valence-electron chi connectivity index (χ3n) is 3.03. The van der Waals surface area contributed by atoms with E-state index in [4.69, 9.17) is 34.8 Å². The highest BCUT2D eigenvalue weighted by atomic mass is 35.5. The highest BCUT2D eigenvalue weighted by Gasteiger charge is 2.18. The number of para-hydroxylation sites is 1. The van der Waals surface area contributed by atoms with Crippen molar-refractivity contribution in [2.45, 2.75) is 6.92 Å². The third kappa shape index (κ3) is 4.61. The highest BCUT2D eigenvalue weighted by molar-refractivity contribution is 6.36. The lowest BCUT2D eigenvalue weighted by atomic mass is 10.2. The standard InChI is InChI=1S/C16H13Cl3N2O2/c1-10(22)21(15-5-3-2-4-13(15)19)9-16(23)20-14-8-11(17)6-7-12(14)18/h2-8H,9H2,1H3,(H,20,23). The van der Waals surface area contributed by atoms with Crippen molar-refractivity contribution in [3.63, 3.8) is 0 Å². The second-order valence-electron chi connectivity index (χ2n) is 4.73. The van der Waals surface area contributed by atoms with Gasteiger partial charge in [-0.1, -0.05) is 46.9 Å². The molecule has 0 aromatic heterocycles. The third-order valence-corrected chi connectivity index (χ3v) is 3.91. The van der Waals surface area contributed by atoms with E-state index in [0.717, 1.165) is 0 Å². The molecule has 0 radical (unpaired) electrons. The van der Waals surface area contributed by atoms with Crippen molar-refractivity contribution in [2.75, 3.05) is 16.8 Å². The van der Waals surface area contributed by atoms with E-state index in [1.165, 1.54) is 17.9 Å². The molecular weight excluding hydrogens is 359 g/mol. The van der Waals surface area contributed by atoms with Gasteiger partial charge in [-0.15, -0.1) is 0 Å². The summed E-state index contributed by atoms with van der Waals surface area (Å²) in [5.41, 5.74) is 0.848. The van der Waals surface area contributed by atoms with Gasteiger partial charge in [0.1, 0.15) is 6.54 Å². The molecule has 1 N–H and O–H groups in total. The largest absolute Gasteiger partial charge is 0.323 e. The Labute approximate surface area is 148 Å². The van der Waals surface area contributed by atoms with Gasteiger partial charge in [-0.2, -0.15) is 0 Å². The maximum absolute atomic E-state index is 12.2. The van der Waals surface area contributed by atoms with Crippen LogP contribution >= 0.6 is 34.8 Å². The van der Waals surface area contributed by atoms with Crippen molar-refractivity contribution >= 4 is 58.0 Å². The van der Waals surface area contributed by atoms with E-state index < -0.39 is 5.91 Å². The van der Waals surface area contributed by atoms with Crippen LogP contribution in [0.25, 0.3) is 0 Å². The van der Waals surface area contributed by atoms with E-state index in [9.17, 15) is 9.59 Å². The number of nitrogens with one attached hydrogen (secondary N) is 1. The van der Waals surface area contributed by atoms with Gasteiger partial charge in [-0.05, 0) is 30.3 Å². The van der Waals surface area contributed by atoms with Crippen molar-refractivity contribution in [3.05, 3.63) is 57.5 Å². The number of rotatable bonds is 4. The Morgan fingerprint density at radius 1 is 1.04 bits per heavy atom. The molecule has 7 heteroatoms. The molecule has 4 nitrogen and oxygen atoms in total. The lowest BCUT2D eigenvalue weighted by molar-refractivity contribution is -0.120. The van der Waals surface area contributed by atoms with Gasteiger partial charge in [0.25, 0.3) is 0 Å². The summed E-state index contributed by atoms with van der Waals surface area (Å²) in [6.45, 7) is 1.17. The Hall–Kier alpha value is -1.75. The van der Waals surface area contributed by atoms with E-state index in [2.05, 4.69) is 5.32 Å². The smallest absolute Gasteiger partial charge is 0.244 e. The minimum atomic E-state index is -0.413. The van der Waals surface area contributed by atoms with Gasteiger partial charge in [-0.25, -0.2) is 0 Å². The van der Waals surface area contributed by atoms with Crippen molar-refractivity contribution in [3.8, 4) is 0 Å². The van der Waals surface area contributed by atoms with Crippen molar-refractivity contribution in [2.24, 2.45) is 0 Å². The minimum absolute atomic E-state index is 0.193. The first-order chi connectivity index (χ1) is 10.9. The monoisotopic (exact) mass is 370 g/mol. The number of benzene rings is 2. The Morgan fingerprint density at radius 3 is 2.39 bits per heavy atom. The van der Waals surface area contributed by atoms with E-state index in [0.29, 0.717) is 26.4 Å². The van der Waals surface area contributed by atoms with Crippen molar-refractivity contribution in [1.82, 2.24) is 0 Å². The molecule has 2 amide bonds. The molecule has 0 aliphatic rings. The Bertz CT molecular complexity index is 750. The normalized spacial score (nSPS) is 10.3. The molecule has 2 aromatic rings. The van der Waals surface area contributed by atoms with Crippen LogP contribution in [0.1, 0.15) is 6.92 Å². The number of anilines is 2. The summed E-state index contributed by atoms with van der Waals surface area (Å²) in [6, 6.07) is 11.5. The summed E-state index contributed by atoms with van der Waals surface area (Å²) in [6.07, 6.45) is 0. The van der Waals surface area contributed by atoms with Gasteiger partial charge in [0.2, 0.25) is 11.8 Å². The molecule has 0 fully saturated rings. The molecule has 0 unspecified atom stereocenters. The van der Waals surface area contributed by atoms with Gasteiger partial charge in [0.15, 0.2) is 0 Å². The number of hydrogen-bond donors (Lipinski definition) is 1. The van der Waals surface area contributed by atoms with Gasteiger partial charge in [0.05, 0.1) is 21.4 Å². The zero-order valence-electron chi connectivity index (χ0n) is 12.1. The Morgan fingerprint density at radius 2 is 1.74 bits per heavy atom. The maximum atomic E-state index is 12.2. The molecule has 2 aromatic carbocycles. The fraction of sp³-hybridized carbons (Fsp3) is 0.125. The molecule has 0 aliphatic heterocycles. The zero-order chi connectivity index (χ0) is 17.0. The van der Waals surface area contributed by atoms with Crippen LogP contribution in [0.15, 0.2) is 42.5 Å². The first kappa shape index (κ1) is 17.6. The summed E-state index contributed by atoms with van der Waals surface area (Å²) >= 11 is 18.0. The quantitative estimate of drug-likeness (QED) is 0.851. The van der Waals surface area contributed by atoms with Crippen LogP contribution in [0.2, 0.25) is 15.1 Å². The summed E-state index contributed by atoms with van der Waals surface area (Å²) in [4.78, 5) is 25.4. The second-order valence-corrected chi connectivity index (χ2v) is 5.98. The minimum Gasteiger partial charge on any atom is -0.323 e. The van der Waals surface area contributed by atoms with Gasteiger partial charge < -0.3 is 10.2 Å². The average molecular weight is 372 g/mol. The fourth-order valence-corrected chi connectivity index (χ4v) is 2.54. The molecule has 0 saturated carbocycles. The Kier molecular flexibility index (Phi) is 5.88. The number of carbonyl (C=O) groups excluding carboxylic acids is 2. The van der Waals surface area contributed by atoms with Crippen LogP contribution in [-0.4, -0.2) is 18.4 Å². The molecule has 120 valence electrons. The van der Waals surface area contributed by atoms with E-state index >= 15 is 0 Å². The summed E-state index contributed by atoms with van der Waals surface area (Å²) in [7, 11) is 0. The fourth-order valence-electron chi connectivity index (χ4n) is 1.96. The van der Waals surface area contributed by atoms with Gasteiger partial charge in [-0.3, -0.25) is 9.59 Å². The first-order valence-corrected chi connectivity index (χ1v) is 7.79. The molecule has 0 heterocycles. The Balaban J connectivity index is 2.18. The van der Waals surface area contributed by atoms with Crippen LogP contribution in [0.4, 0.5) is 11.4 Å². The first-order valence-electron chi connectivity index (χ1n) is 6.66. The van der Waals surface area contributed by atoms with Gasteiger partial charge in [0, 0.05) is 11.9 Å². The predicted molar refractivity (Wildman–Crippen MR) is 94.6 cm³/mol. The molecule has 0 spiro atoms. The van der Waals surface area contributed by atoms with Crippen LogP contribution in [-0.2, 0) is 9.59 Å². The number of amides is 2. The maximum Gasteiger partial charge on any atom is 0.244 e. The second kappa shape index (κ2) is 7.68. The molecule has 0 bridgehead atoms. The zero-order valence-corrected chi connectivity index (χ0v) is 14.4. The van der Waals surface area contributed by atoms with Crippen molar-refractivity contribution in [1.29, 1.82) is 0 Å². The van der Waals surface area contributed by atoms with E-state index in [1.807, 2.05) is 0 Å². The molecule has 0 atom stereocenters. The number of carbonyl (C=O) groups is 2. The number of halogens is 3. The summed E-state index contributed by atoms with van der Waals surface area (Å²) in [5, 5.41) is 3.82. The number of nitrogens with zero attached hydrogens (tertiary/aromatic N) is 1. The topological polar surface area (TPSA) is 49.4 Å². The lowest BCUT2D eigenvalue weighted by Gasteiger charge is -2.22. The summed E-state index contributed by atoms with van der Waals surface area (Å²) < 4.78 is 0. The summed E-state index contributed by atoms with van der Waals surface area (Å²) in [5.74, 6) is -0.713. The van der Waals surface area contributed by atoms with Crippen molar-refractivity contribution < 1.29 is 9.59 Å². The molecular formula is C16H13Cl3N2O2. The van der Waals surface area contributed by atoms with Crippen LogP contribution in [0.5, 0.6) is 0 Å².